The molecule has 1 N–H and O–H groups in total. The highest BCUT2D eigenvalue weighted by atomic mass is 127. The molecule has 1 aromatic heterocycles. The number of hydrogen-bond donors (Lipinski definition) is 1. The van der Waals surface area contributed by atoms with E-state index in [0.29, 0.717) is 28.2 Å². The van der Waals surface area contributed by atoms with Crippen LogP contribution in [0.4, 0.5) is 5.69 Å². The Labute approximate surface area is 194 Å². The number of halogens is 2. The van der Waals surface area contributed by atoms with Crippen molar-refractivity contribution in [3.63, 3.8) is 0 Å². The van der Waals surface area contributed by atoms with Crippen LogP contribution in [-0.2, 0) is 0 Å². The number of amides is 1. The lowest BCUT2D eigenvalue weighted by Crippen LogP contribution is -2.13. The number of hydrogen-bond acceptors (Lipinski definition) is 3. The van der Waals surface area contributed by atoms with Gasteiger partial charge in [0.2, 0.25) is 5.89 Å². The summed E-state index contributed by atoms with van der Waals surface area (Å²) in [4.78, 5) is 17.3. The van der Waals surface area contributed by atoms with E-state index in [-0.39, 0.29) is 5.91 Å². The third-order valence-corrected chi connectivity index (χ3v) is 6.50. The second-order valence-corrected chi connectivity index (χ2v) is 8.79. The fourth-order valence-corrected chi connectivity index (χ4v) is 4.55. The van der Waals surface area contributed by atoms with Crippen LogP contribution in [0.25, 0.3) is 33.3 Å². The van der Waals surface area contributed by atoms with E-state index in [4.69, 9.17) is 4.42 Å². The molecule has 0 bridgehead atoms. The zero-order valence-electron chi connectivity index (χ0n) is 15.5. The summed E-state index contributed by atoms with van der Waals surface area (Å²) < 4.78 is 7.95. The molecule has 6 heteroatoms. The summed E-state index contributed by atoms with van der Waals surface area (Å²) >= 11 is 5.76. The maximum Gasteiger partial charge on any atom is 0.256 e. The molecule has 1 amide bonds. The fraction of sp³-hybridized carbons (Fsp3) is 0. The Kier molecular flexibility index (Phi) is 5.04. The summed E-state index contributed by atoms with van der Waals surface area (Å²) in [6.07, 6.45) is 0. The molecule has 30 heavy (non-hydrogen) atoms. The predicted octanol–water partition coefficient (Wildman–Crippen LogP) is 7.27. The van der Waals surface area contributed by atoms with E-state index in [1.807, 2.05) is 66.7 Å². The van der Waals surface area contributed by atoms with Crippen molar-refractivity contribution >= 4 is 72.0 Å². The fourth-order valence-electron chi connectivity index (χ4n) is 3.42. The van der Waals surface area contributed by atoms with Crippen LogP contribution in [0.1, 0.15) is 10.4 Å². The first kappa shape index (κ1) is 19.3. The predicted molar refractivity (Wildman–Crippen MR) is 132 cm³/mol. The molecule has 0 radical (unpaired) electrons. The van der Waals surface area contributed by atoms with Crippen LogP contribution in [-0.4, -0.2) is 10.9 Å². The van der Waals surface area contributed by atoms with Crippen LogP contribution in [0.5, 0.6) is 0 Å². The van der Waals surface area contributed by atoms with E-state index in [0.717, 1.165) is 24.4 Å². The van der Waals surface area contributed by atoms with Gasteiger partial charge < -0.3 is 9.73 Å². The van der Waals surface area contributed by atoms with Crippen molar-refractivity contribution in [1.29, 1.82) is 0 Å². The van der Waals surface area contributed by atoms with E-state index in [9.17, 15) is 4.79 Å². The maximum absolute atomic E-state index is 12.6. The van der Waals surface area contributed by atoms with E-state index >= 15 is 0 Å². The molecule has 0 saturated heterocycles. The summed E-state index contributed by atoms with van der Waals surface area (Å²) in [6.45, 7) is 0. The van der Waals surface area contributed by atoms with Gasteiger partial charge in [0.25, 0.3) is 5.91 Å². The Morgan fingerprint density at radius 2 is 1.73 bits per heavy atom. The summed E-state index contributed by atoms with van der Waals surface area (Å²) in [5.41, 5.74) is 3.60. The van der Waals surface area contributed by atoms with E-state index in [2.05, 4.69) is 61.0 Å². The van der Waals surface area contributed by atoms with Crippen molar-refractivity contribution in [3.05, 3.63) is 92.5 Å². The molecule has 0 saturated carbocycles. The van der Waals surface area contributed by atoms with Crippen LogP contribution >= 0.6 is 38.5 Å². The molecule has 0 aliphatic rings. The van der Waals surface area contributed by atoms with Gasteiger partial charge in [-0.1, -0.05) is 52.3 Å². The van der Waals surface area contributed by atoms with Crippen molar-refractivity contribution in [3.8, 4) is 11.5 Å². The molecule has 4 aromatic carbocycles. The van der Waals surface area contributed by atoms with Crippen LogP contribution < -0.4 is 5.32 Å². The monoisotopic (exact) mass is 568 g/mol. The number of nitrogens with one attached hydrogen (secondary N) is 1. The molecule has 0 spiro atoms. The number of aromatic nitrogens is 1. The molecular formula is C24H14BrIN2O2. The van der Waals surface area contributed by atoms with Crippen molar-refractivity contribution in [2.45, 2.75) is 0 Å². The maximum atomic E-state index is 12.6. The minimum absolute atomic E-state index is 0.151. The summed E-state index contributed by atoms with van der Waals surface area (Å²) in [5.74, 6) is 0.400. The number of anilines is 1. The highest BCUT2D eigenvalue weighted by Gasteiger charge is 2.14. The molecule has 5 aromatic rings. The lowest BCUT2D eigenvalue weighted by atomic mass is 10.0. The molecule has 146 valence electrons. The van der Waals surface area contributed by atoms with Gasteiger partial charge in [0.1, 0.15) is 5.52 Å². The molecule has 1 heterocycles. The van der Waals surface area contributed by atoms with E-state index in [1.165, 1.54) is 0 Å². The summed E-state index contributed by atoms with van der Waals surface area (Å²) in [5, 5.41) is 5.11. The minimum Gasteiger partial charge on any atom is -0.436 e. The number of benzene rings is 4. The lowest BCUT2D eigenvalue weighted by molar-refractivity contribution is 0.102. The number of carbonyl (C=O) groups excluding carboxylic acids is 1. The SMILES string of the molecule is O=C(Nc1ccc2oc(-c3cccc4c(Br)cccc34)nc2c1)c1ccccc1I. The molecule has 0 fully saturated rings. The van der Waals surface area contributed by atoms with Gasteiger partial charge in [0, 0.05) is 19.3 Å². The van der Waals surface area contributed by atoms with E-state index < -0.39 is 0 Å². The third kappa shape index (κ3) is 3.50. The second-order valence-electron chi connectivity index (χ2n) is 6.78. The van der Waals surface area contributed by atoms with Crippen LogP contribution in [0.3, 0.4) is 0 Å². The van der Waals surface area contributed by atoms with Gasteiger partial charge >= 0.3 is 0 Å². The Morgan fingerprint density at radius 3 is 2.60 bits per heavy atom. The number of rotatable bonds is 3. The molecule has 5 rings (SSSR count). The molecule has 0 atom stereocenters. The molecule has 4 nitrogen and oxygen atoms in total. The minimum atomic E-state index is -0.151. The number of fused-ring (bicyclic) bond motifs is 2. The highest BCUT2D eigenvalue weighted by Crippen LogP contribution is 2.34. The number of carbonyl (C=O) groups is 1. The van der Waals surface area contributed by atoms with Gasteiger partial charge in [0.05, 0.1) is 5.56 Å². The molecular weight excluding hydrogens is 555 g/mol. The standard InChI is InChI=1S/C24H14BrIN2O2/c25-19-9-4-6-15-16(19)7-3-8-17(15)24-28-21-13-14(11-12-22(21)30-24)27-23(29)18-5-1-2-10-20(18)26/h1-13H,(H,27,29). The first-order valence-corrected chi connectivity index (χ1v) is 11.1. The van der Waals surface area contributed by atoms with Gasteiger partial charge in [-0.2, -0.15) is 0 Å². The lowest BCUT2D eigenvalue weighted by Gasteiger charge is -2.06. The second kappa shape index (κ2) is 7.85. The van der Waals surface area contributed by atoms with Gasteiger partial charge in [0.15, 0.2) is 5.58 Å². The Balaban J connectivity index is 1.52. The third-order valence-electron chi connectivity index (χ3n) is 4.86. The topological polar surface area (TPSA) is 55.1 Å². The van der Waals surface area contributed by atoms with Crippen molar-refractivity contribution in [2.75, 3.05) is 5.32 Å². The smallest absolute Gasteiger partial charge is 0.256 e. The summed E-state index contributed by atoms with van der Waals surface area (Å²) in [6, 6.07) is 25.1. The van der Waals surface area contributed by atoms with Gasteiger partial charge in [-0.3, -0.25) is 4.79 Å². The first-order chi connectivity index (χ1) is 14.6. The Morgan fingerprint density at radius 1 is 0.933 bits per heavy atom. The van der Waals surface area contributed by atoms with Crippen molar-refractivity contribution in [2.24, 2.45) is 0 Å². The van der Waals surface area contributed by atoms with Crippen molar-refractivity contribution < 1.29 is 9.21 Å². The van der Waals surface area contributed by atoms with Crippen molar-refractivity contribution in [1.82, 2.24) is 4.98 Å². The largest absolute Gasteiger partial charge is 0.436 e. The zero-order valence-corrected chi connectivity index (χ0v) is 19.3. The average Bonchev–Trinajstić information content (AvgIpc) is 3.17. The zero-order chi connectivity index (χ0) is 20.7. The quantitative estimate of drug-likeness (QED) is 0.233. The van der Waals surface area contributed by atoms with E-state index in [1.54, 1.807) is 0 Å². The van der Waals surface area contributed by atoms with Crippen LogP contribution in [0, 0.1) is 3.57 Å². The van der Waals surface area contributed by atoms with Gasteiger partial charge in [-0.25, -0.2) is 4.98 Å². The Bertz CT molecular complexity index is 1430. The van der Waals surface area contributed by atoms with Gasteiger partial charge in [-0.15, -0.1) is 0 Å². The highest BCUT2D eigenvalue weighted by molar-refractivity contribution is 14.1. The molecule has 0 aliphatic carbocycles. The average molecular weight is 569 g/mol. The number of nitrogens with zero attached hydrogens (tertiary/aromatic N) is 1. The van der Waals surface area contributed by atoms with Crippen LogP contribution in [0.2, 0.25) is 0 Å². The first-order valence-electron chi connectivity index (χ1n) is 9.24. The molecule has 0 aliphatic heterocycles. The summed E-state index contributed by atoms with van der Waals surface area (Å²) in [7, 11) is 0. The number of oxazole rings is 1. The van der Waals surface area contributed by atoms with Gasteiger partial charge in [-0.05, 0) is 75.8 Å². The normalized spacial score (nSPS) is 11.1. The molecule has 0 unspecified atom stereocenters. The van der Waals surface area contributed by atoms with Crippen LogP contribution in [0.15, 0.2) is 87.8 Å². The Hall–Kier alpha value is -2.71.